The van der Waals surface area contributed by atoms with E-state index in [0.717, 1.165) is 55.8 Å². The lowest BCUT2D eigenvalue weighted by molar-refractivity contribution is 0.00609. The average Bonchev–Trinajstić information content (AvgIpc) is 2.54. The third kappa shape index (κ3) is 3.52. The van der Waals surface area contributed by atoms with Crippen molar-refractivity contribution in [3.63, 3.8) is 0 Å². The molecule has 2 aliphatic rings. The van der Waals surface area contributed by atoms with Crippen LogP contribution in [0.25, 0.3) is 0 Å². The van der Waals surface area contributed by atoms with Gasteiger partial charge in [0, 0.05) is 32.2 Å². The zero-order valence-electron chi connectivity index (χ0n) is 14.9. The van der Waals surface area contributed by atoms with E-state index in [1.807, 2.05) is 32.9 Å². The summed E-state index contributed by atoms with van der Waals surface area (Å²) in [6, 6.07) is 4.40. The number of aryl methyl sites for hydroxylation is 3. The molecule has 2 aliphatic heterocycles. The molecule has 0 N–H and O–H groups in total. The molecule has 1 aromatic rings. The van der Waals surface area contributed by atoms with E-state index >= 15 is 0 Å². The van der Waals surface area contributed by atoms with E-state index in [9.17, 15) is 8.42 Å². The van der Waals surface area contributed by atoms with Crippen molar-refractivity contribution in [2.45, 2.75) is 44.6 Å². The standard InChI is InChI=1S/C18H28N2O3S/c1-14-12-15(2)18(16(3)13-14)24(21,22)20-6-4-17(5-7-20)19-8-10-23-11-9-19/h12-13,17H,4-11H2,1-3H3. The number of morpholine rings is 1. The number of hydrogen-bond donors (Lipinski definition) is 0. The predicted octanol–water partition coefficient (Wildman–Crippen LogP) is 2.10. The fraction of sp³-hybridized carbons (Fsp3) is 0.667. The first-order valence-electron chi connectivity index (χ1n) is 8.79. The molecule has 2 heterocycles. The first-order chi connectivity index (χ1) is 11.4. The Morgan fingerprint density at radius 2 is 1.50 bits per heavy atom. The maximum absolute atomic E-state index is 13.1. The molecule has 3 rings (SSSR count). The summed E-state index contributed by atoms with van der Waals surface area (Å²) in [5.74, 6) is 0. The van der Waals surface area contributed by atoms with Crippen LogP contribution < -0.4 is 0 Å². The lowest BCUT2D eigenvalue weighted by Crippen LogP contribution is -2.50. The van der Waals surface area contributed by atoms with Crippen LogP contribution in [0.15, 0.2) is 17.0 Å². The van der Waals surface area contributed by atoms with Gasteiger partial charge < -0.3 is 4.74 Å². The summed E-state index contributed by atoms with van der Waals surface area (Å²) >= 11 is 0. The Morgan fingerprint density at radius 1 is 0.958 bits per heavy atom. The van der Waals surface area contributed by atoms with E-state index in [1.165, 1.54) is 0 Å². The SMILES string of the molecule is Cc1cc(C)c(S(=O)(=O)N2CCC(N3CCOCC3)CC2)c(C)c1. The monoisotopic (exact) mass is 352 g/mol. The normalized spacial score (nSPS) is 22.0. The van der Waals surface area contributed by atoms with E-state index in [1.54, 1.807) is 4.31 Å². The maximum atomic E-state index is 13.1. The molecule has 0 aliphatic carbocycles. The van der Waals surface area contributed by atoms with Crippen LogP contribution in [-0.2, 0) is 14.8 Å². The zero-order chi connectivity index (χ0) is 17.3. The number of ether oxygens (including phenoxy) is 1. The molecule has 0 bridgehead atoms. The summed E-state index contributed by atoms with van der Waals surface area (Å²) in [4.78, 5) is 2.95. The van der Waals surface area contributed by atoms with Crippen molar-refractivity contribution in [2.24, 2.45) is 0 Å². The Balaban J connectivity index is 1.73. The molecule has 0 saturated carbocycles. The van der Waals surface area contributed by atoms with Gasteiger partial charge in [-0.3, -0.25) is 4.90 Å². The minimum atomic E-state index is -3.40. The van der Waals surface area contributed by atoms with Crippen LogP contribution in [0.2, 0.25) is 0 Å². The molecule has 0 atom stereocenters. The Hall–Kier alpha value is -0.950. The first-order valence-corrected chi connectivity index (χ1v) is 10.2. The summed E-state index contributed by atoms with van der Waals surface area (Å²) in [5.41, 5.74) is 2.81. The van der Waals surface area contributed by atoms with Crippen LogP contribution in [0.3, 0.4) is 0 Å². The van der Waals surface area contributed by atoms with Crippen molar-refractivity contribution in [1.29, 1.82) is 0 Å². The van der Waals surface area contributed by atoms with Crippen LogP contribution in [0.4, 0.5) is 0 Å². The summed E-state index contributed by atoms with van der Waals surface area (Å²) in [6.07, 6.45) is 1.81. The van der Waals surface area contributed by atoms with E-state index in [4.69, 9.17) is 4.74 Å². The molecule has 24 heavy (non-hydrogen) atoms. The fourth-order valence-corrected chi connectivity index (χ4v) is 5.97. The molecule has 2 saturated heterocycles. The fourth-order valence-electron chi connectivity index (χ4n) is 4.09. The summed E-state index contributed by atoms with van der Waals surface area (Å²) < 4.78 is 33.3. The molecule has 1 aromatic carbocycles. The van der Waals surface area contributed by atoms with Gasteiger partial charge in [0.2, 0.25) is 10.0 Å². The second kappa shape index (κ2) is 7.12. The van der Waals surface area contributed by atoms with Crippen molar-refractivity contribution < 1.29 is 13.2 Å². The Morgan fingerprint density at radius 3 is 2.04 bits per heavy atom. The van der Waals surface area contributed by atoms with Crippen LogP contribution in [0.5, 0.6) is 0 Å². The van der Waals surface area contributed by atoms with Gasteiger partial charge in [-0.15, -0.1) is 0 Å². The second-order valence-electron chi connectivity index (χ2n) is 7.01. The van der Waals surface area contributed by atoms with Gasteiger partial charge in [-0.2, -0.15) is 4.31 Å². The smallest absolute Gasteiger partial charge is 0.243 e. The Labute approximate surface area is 145 Å². The maximum Gasteiger partial charge on any atom is 0.243 e. The van der Waals surface area contributed by atoms with Crippen molar-refractivity contribution in [1.82, 2.24) is 9.21 Å². The highest BCUT2D eigenvalue weighted by molar-refractivity contribution is 7.89. The number of nitrogens with zero attached hydrogens (tertiary/aromatic N) is 2. The van der Waals surface area contributed by atoms with Crippen LogP contribution >= 0.6 is 0 Å². The quantitative estimate of drug-likeness (QED) is 0.836. The van der Waals surface area contributed by atoms with Gasteiger partial charge in [-0.05, 0) is 44.7 Å². The van der Waals surface area contributed by atoms with Gasteiger partial charge in [0.15, 0.2) is 0 Å². The molecule has 0 amide bonds. The number of hydrogen-bond acceptors (Lipinski definition) is 4. The molecule has 0 aromatic heterocycles. The van der Waals surface area contributed by atoms with E-state index in [-0.39, 0.29) is 0 Å². The highest BCUT2D eigenvalue weighted by Crippen LogP contribution is 2.28. The zero-order valence-corrected chi connectivity index (χ0v) is 15.7. The molecular formula is C18H28N2O3S. The molecule has 6 heteroatoms. The van der Waals surface area contributed by atoms with Crippen molar-refractivity contribution in [2.75, 3.05) is 39.4 Å². The summed E-state index contributed by atoms with van der Waals surface area (Å²) in [5, 5.41) is 0. The van der Waals surface area contributed by atoms with Gasteiger partial charge in [0.1, 0.15) is 0 Å². The minimum Gasteiger partial charge on any atom is -0.379 e. The van der Waals surface area contributed by atoms with Crippen LogP contribution in [-0.4, -0.2) is 63.1 Å². The molecule has 0 spiro atoms. The molecule has 0 unspecified atom stereocenters. The molecule has 5 nitrogen and oxygen atoms in total. The van der Waals surface area contributed by atoms with Crippen LogP contribution in [0, 0.1) is 20.8 Å². The lowest BCUT2D eigenvalue weighted by atomic mass is 10.0. The average molecular weight is 353 g/mol. The van der Waals surface area contributed by atoms with E-state index in [2.05, 4.69) is 4.90 Å². The molecule has 2 fully saturated rings. The van der Waals surface area contributed by atoms with Crippen molar-refractivity contribution in [3.05, 3.63) is 28.8 Å². The van der Waals surface area contributed by atoms with Gasteiger partial charge in [0.05, 0.1) is 18.1 Å². The number of benzene rings is 1. The van der Waals surface area contributed by atoms with Crippen molar-refractivity contribution >= 4 is 10.0 Å². The largest absolute Gasteiger partial charge is 0.379 e. The highest BCUT2D eigenvalue weighted by Gasteiger charge is 2.33. The lowest BCUT2D eigenvalue weighted by Gasteiger charge is -2.39. The first kappa shape index (κ1) is 17.9. The van der Waals surface area contributed by atoms with Gasteiger partial charge in [0.25, 0.3) is 0 Å². The van der Waals surface area contributed by atoms with Crippen LogP contribution in [0.1, 0.15) is 29.5 Å². The predicted molar refractivity (Wildman–Crippen MR) is 94.8 cm³/mol. The van der Waals surface area contributed by atoms with Gasteiger partial charge >= 0.3 is 0 Å². The van der Waals surface area contributed by atoms with Gasteiger partial charge in [-0.1, -0.05) is 17.7 Å². The Kier molecular flexibility index (Phi) is 5.30. The number of piperidine rings is 1. The Bertz CT molecular complexity index is 665. The van der Waals surface area contributed by atoms with Crippen molar-refractivity contribution in [3.8, 4) is 0 Å². The minimum absolute atomic E-state index is 0.487. The summed E-state index contributed by atoms with van der Waals surface area (Å²) in [7, 11) is -3.40. The van der Waals surface area contributed by atoms with E-state index < -0.39 is 10.0 Å². The molecule has 134 valence electrons. The third-order valence-electron chi connectivity index (χ3n) is 5.19. The highest BCUT2D eigenvalue weighted by atomic mass is 32.2. The van der Waals surface area contributed by atoms with E-state index in [0.29, 0.717) is 24.0 Å². The topological polar surface area (TPSA) is 49.9 Å². The number of sulfonamides is 1. The molecule has 0 radical (unpaired) electrons. The van der Waals surface area contributed by atoms with Gasteiger partial charge in [-0.25, -0.2) is 8.42 Å². The second-order valence-corrected chi connectivity index (χ2v) is 8.89. The number of rotatable bonds is 3. The summed E-state index contributed by atoms with van der Waals surface area (Å²) in [6.45, 7) is 10.5. The molecular weight excluding hydrogens is 324 g/mol. The third-order valence-corrected chi connectivity index (χ3v) is 7.39.